The number of carboxylic acid groups (broad SMARTS) is 1. The fraction of sp³-hybridized carbons (Fsp3) is 0.636. The van der Waals surface area contributed by atoms with E-state index in [1.54, 1.807) is 0 Å². The highest BCUT2D eigenvalue weighted by Crippen LogP contribution is 2.21. The smallest absolute Gasteiger partial charge is 0.317 e. The molecule has 0 bridgehead atoms. The van der Waals surface area contributed by atoms with E-state index in [0.29, 0.717) is 12.5 Å². The number of amides is 1. The van der Waals surface area contributed by atoms with Gasteiger partial charge in [0.1, 0.15) is 0 Å². The van der Waals surface area contributed by atoms with Crippen molar-refractivity contribution in [1.29, 1.82) is 0 Å². The Morgan fingerprint density at radius 2 is 1.90 bits per heavy atom. The summed E-state index contributed by atoms with van der Waals surface area (Å²) in [5, 5.41) is 12.2. The molecule has 2 atom stereocenters. The molecule has 2 unspecified atom stereocenters. The molecular weight excluding hydrogens is 390 g/mol. The van der Waals surface area contributed by atoms with Crippen LogP contribution < -0.4 is 5.32 Å². The van der Waals surface area contributed by atoms with Gasteiger partial charge in [0.2, 0.25) is 5.91 Å². The summed E-state index contributed by atoms with van der Waals surface area (Å²) in [4.78, 5) is 27.8. The van der Waals surface area contributed by atoms with Crippen LogP contribution >= 0.6 is 12.4 Å². The average molecular weight is 426 g/mol. The molecule has 1 aromatic carbocycles. The summed E-state index contributed by atoms with van der Waals surface area (Å²) >= 11 is 0. The lowest BCUT2D eigenvalue weighted by molar-refractivity contribution is -0.138. The van der Waals surface area contributed by atoms with E-state index in [9.17, 15) is 9.59 Å². The van der Waals surface area contributed by atoms with Crippen LogP contribution in [0.4, 0.5) is 0 Å². The van der Waals surface area contributed by atoms with Crippen LogP contribution in [-0.4, -0.2) is 66.1 Å². The van der Waals surface area contributed by atoms with E-state index in [1.807, 2.05) is 30.1 Å². The second-order valence-corrected chi connectivity index (χ2v) is 8.33. The van der Waals surface area contributed by atoms with Crippen molar-refractivity contribution in [3.05, 3.63) is 35.9 Å². The molecule has 2 N–H and O–H groups in total. The third-order valence-corrected chi connectivity index (χ3v) is 5.41. The summed E-state index contributed by atoms with van der Waals surface area (Å²) in [6, 6.07) is 10.5. The molecule has 1 fully saturated rings. The molecule has 1 aromatic rings. The van der Waals surface area contributed by atoms with Crippen LogP contribution in [0.5, 0.6) is 0 Å². The molecule has 2 rings (SSSR count). The Morgan fingerprint density at radius 1 is 1.21 bits per heavy atom. The van der Waals surface area contributed by atoms with Gasteiger partial charge in [0.25, 0.3) is 0 Å². The molecule has 29 heavy (non-hydrogen) atoms. The molecule has 0 aliphatic carbocycles. The molecule has 164 valence electrons. The first kappa shape index (κ1) is 25.4. The van der Waals surface area contributed by atoms with Gasteiger partial charge in [0.05, 0.1) is 19.1 Å². The lowest BCUT2D eigenvalue weighted by atomic mass is 9.97. The van der Waals surface area contributed by atoms with Crippen molar-refractivity contribution in [2.24, 2.45) is 5.92 Å². The summed E-state index contributed by atoms with van der Waals surface area (Å²) in [6.07, 6.45) is 3.76. The van der Waals surface area contributed by atoms with Crippen molar-refractivity contribution in [3.63, 3.8) is 0 Å². The van der Waals surface area contributed by atoms with Crippen LogP contribution in [0.3, 0.4) is 0 Å². The number of halogens is 1. The molecule has 1 amide bonds. The van der Waals surface area contributed by atoms with Gasteiger partial charge in [-0.3, -0.25) is 19.4 Å². The van der Waals surface area contributed by atoms with Gasteiger partial charge >= 0.3 is 5.97 Å². The maximum Gasteiger partial charge on any atom is 0.317 e. The Labute approximate surface area is 181 Å². The van der Waals surface area contributed by atoms with Crippen LogP contribution in [0.25, 0.3) is 0 Å². The number of nitrogens with zero attached hydrogens (tertiary/aromatic N) is 2. The number of carboxylic acids is 1. The predicted octanol–water partition coefficient (Wildman–Crippen LogP) is 3.18. The summed E-state index contributed by atoms with van der Waals surface area (Å²) < 4.78 is 0. The van der Waals surface area contributed by atoms with E-state index in [4.69, 9.17) is 5.11 Å². The van der Waals surface area contributed by atoms with Crippen molar-refractivity contribution < 1.29 is 14.7 Å². The number of nitrogens with one attached hydrogen (secondary N) is 1. The molecular formula is C22H36ClN3O3. The highest BCUT2D eigenvalue weighted by molar-refractivity contribution is 5.85. The molecule has 1 heterocycles. The van der Waals surface area contributed by atoms with Gasteiger partial charge in [-0.15, -0.1) is 12.4 Å². The van der Waals surface area contributed by atoms with Crippen LogP contribution in [-0.2, 0) is 9.59 Å². The van der Waals surface area contributed by atoms with Gasteiger partial charge in [-0.1, -0.05) is 44.2 Å². The zero-order chi connectivity index (χ0) is 20.5. The van der Waals surface area contributed by atoms with Crippen LogP contribution in [0, 0.1) is 5.92 Å². The minimum Gasteiger partial charge on any atom is -0.480 e. The maximum absolute atomic E-state index is 12.7. The van der Waals surface area contributed by atoms with Crippen molar-refractivity contribution in [2.45, 2.75) is 51.6 Å². The first-order chi connectivity index (χ1) is 13.3. The molecule has 0 spiro atoms. The highest BCUT2D eigenvalue weighted by atomic mass is 35.5. The van der Waals surface area contributed by atoms with Gasteiger partial charge in [-0.2, -0.15) is 0 Å². The number of rotatable bonds is 9. The Bertz CT molecular complexity index is 627. The average Bonchev–Trinajstić information content (AvgIpc) is 2.86. The van der Waals surface area contributed by atoms with Crippen molar-refractivity contribution >= 4 is 24.3 Å². The third-order valence-electron chi connectivity index (χ3n) is 5.41. The zero-order valence-electron chi connectivity index (χ0n) is 17.8. The second-order valence-electron chi connectivity index (χ2n) is 8.33. The SMILES string of the molecule is CC(C)CC(NC(=O)CN1CCCC(N(C)CC(=O)O)CC1)c1ccccc1.Cl. The standard InChI is InChI=1S/C22H35N3O3.ClH/c1-17(2)14-20(18-8-5-4-6-9-18)23-21(26)15-25-12-7-10-19(11-13-25)24(3)16-22(27)28;/h4-6,8-9,17,19-20H,7,10-16H2,1-3H3,(H,23,26)(H,27,28);1H. The van der Waals surface area contributed by atoms with E-state index in [1.165, 1.54) is 0 Å². The van der Waals surface area contributed by atoms with E-state index >= 15 is 0 Å². The Hall–Kier alpha value is -1.63. The van der Waals surface area contributed by atoms with Gasteiger partial charge in [0.15, 0.2) is 0 Å². The fourth-order valence-electron chi connectivity index (χ4n) is 3.96. The molecule has 1 aliphatic rings. The quantitative estimate of drug-likeness (QED) is 0.635. The van der Waals surface area contributed by atoms with Gasteiger partial charge in [-0.25, -0.2) is 0 Å². The molecule has 7 heteroatoms. The van der Waals surface area contributed by atoms with Crippen molar-refractivity contribution in [2.75, 3.05) is 33.2 Å². The third kappa shape index (κ3) is 9.15. The lowest BCUT2D eigenvalue weighted by Crippen LogP contribution is -2.40. The van der Waals surface area contributed by atoms with E-state index < -0.39 is 5.97 Å². The monoisotopic (exact) mass is 425 g/mol. The van der Waals surface area contributed by atoms with Crippen LogP contribution in [0.15, 0.2) is 30.3 Å². The van der Waals surface area contributed by atoms with Crippen LogP contribution in [0.1, 0.15) is 51.1 Å². The highest BCUT2D eigenvalue weighted by Gasteiger charge is 2.23. The number of hydrogen-bond donors (Lipinski definition) is 2. The number of carbonyl (C=O) groups excluding carboxylic acids is 1. The molecule has 1 saturated heterocycles. The van der Waals surface area contributed by atoms with Crippen molar-refractivity contribution in [3.8, 4) is 0 Å². The molecule has 1 aliphatic heterocycles. The number of carbonyl (C=O) groups is 2. The summed E-state index contributed by atoms with van der Waals surface area (Å²) in [6.45, 7) is 6.51. The fourth-order valence-corrected chi connectivity index (χ4v) is 3.96. The van der Waals surface area contributed by atoms with Crippen LogP contribution in [0.2, 0.25) is 0 Å². The second kappa shape index (κ2) is 12.8. The molecule has 0 saturated carbocycles. The van der Waals surface area contributed by atoms with E-state index in [-0.39, 0.29) is 36.9 Å². The number of benzene rings is 1. The zero-order valence-corrected chi connectivity index (χ0v) is 18.7. The summed E-state index contributed by atoms with van der Waals surface area (Å²) in [5.74, 6) is -0.235. The number of likely N-dealkylation sites (N-methyl/N-ethyl adjacent to an activating group) is 1. The van der Waals surface area contributed by atoms with Gasteiger partial charge < -0.3 is 10.4 Å². The van der Waals surface area contributed by atoms with Crippen molar-refractivity contribution in [1.82, 2.24) is 15.1 Å². The normalized spacial score (nSPS) is 18.7. The Balaban J connectivity index is 0.00000420. The predicted molar refractivity (Wildman–Crippen MR) is 118 cm³/mol. The number of aliphatic carboxylic acids is 1. The Kier molecular flexibility index (Phi) is 11.2. The first-order valence-corrected chi connectivity index (χ1v) is 10.3. The largest absolute Gasteiger partial charge is 0.480 e. The summed E-state index contributed by atoms with van der Waals surface area (Å²) in [7, 11) is 1.87. The topological polar surface area (TPSA) is 72.9 Å². The minimum absolute atomic E-state index is 0. The number of hydrogen-bond acceptors (Lipinski definition) is 4. The first-order valence-electron chi connectivity index (χ1n) is 10.3. The lowest BCUT2D eigenvalue weighted by Gasteiger charge is -2.26. The number of likely N-dealkylation sites (tertiary alicyclic amines) is 1. The maximum atomic E-state index is 12.7. The van der Waals surface area contributed by atoms with Gasteiger partial charge in [0, 0.05) is 12.6 Å². The Morgan fingerprint density at radius 3 is 2.52 bits per heavy atom. The summed E-state index contributed by atoms with van der Waals surface area (Å²) in [5.41, 5.74) is 1.15. The van der Waals surface area contributed by atoms with E-state index in [0.717, 1.165) is 44.3 Å². The van der Waals surface area contributed by atoms with E-state index in [2.05, 4.69) is 36.2 Å². The molecule has 6 nitrogen and oxygen atoms in total. The molecule has 0 radical (unpaired) electrons. The molecule has 0 aromatic heterocycles. The minimum atomic E-state index is -0.792. The van der Waals surface area contributed by atoms with Gasteiger partial charge in [-0.05, 0) is 50.8 Å².